The zero-order chi connectivity index (χ0) is 25.3. The van der Waals surface area contributed by atoms with Crippen molar-refractivity contribution >= 4 is 33.8 Å². The van der Waals surface area contributed by atoms with Crippen molar-refractivity contribution < 1.29 is 32.6 Å². The van der Waals surface area contributed by atoms with Gasteiger partial charge in [0.05, 0.1) is 17.7 Å². The van der Waals surface area contributed by atoms with Crippen molar-refractivity contribution in [2.45, 2.75) is 11.8 Å². The van der Waals surface area contributed by atoms with Crippen molar-refractivity contribution in [2.75, 3.05) is 17.9 Å². The van der Waals surface area contributed by atoms with Crippen LogP contribution in [0.15, 0.2) is 82.8 Å². The second-order valence-corrected chi connectivity index (χ2v) is 8.69. The Bertz CT molecular complexity index is 1310. The first-order valence-electron chi connectivity index (χ1n) is 10.4. The van der Waals surface area contributed by atoms with Gasteiger partial charge in [0.15, 0.2) is 6.61 Å². The third-order valence-corrected chi connectivity index (χ3v) is 5.88. The van der Waals surface area contributed by atoms with Gasteiger partial charge in [0.25, 0.3) is 15.9 Å². The molecule has 0 aliphatic rings. The van der Waals surface area contributed by atoms with Gasteiger partial charge < -0.3 is 14.6 Å². The number of carboxylic acids is 1. The van der Waals surface area contributed by atoms with Crippen LogP contribution in [0.1, 0.15) is 22.8 Å². The van der Waals surface area contributed by atoms with Crippen LogP contribution >= 0.6 is 0 Å². The van der Waals surface area contributed by atoms with Crippen molar-refractivity contribution in [1.29, 1.82) is 0 Å². The fourth-order valence-electron chi connectivity index (χ4n) is 2.87. The van der Waals surface area contributed by atoms with Crippen LogP contribution in [0.4, 0.5) is 5.69 Å². The van der Waals surface area contributed by atoms with Gasteiger partial charge in [0.1, 0.15) is 11.5 Å². The lowest BCUT2D eigenvalue weighted by Gasteiger charge is -2.10. The molecule has 0 spiro atoms. The molecule has 0 aliphatic carbocycles. The molecule has 0 heterocycles. The van der Waals surface area contributed by atoms with Crippen molar-refractivity contribution in [1.82, 2.24) is 5.43 Å². The number of aliphatic carboxylic acids is 1. The molecule has 3 aromatic carbocycles. The summed E-state index contributed by atoms with van der Waals surface area (Å²) in [6.45, 7) is 1.80. The van der Waals surface area contributed by atoms with Crippen LogP contribution in [0.25, 0.3) is 0 Å². The number of amides is 1. The summed E-state index contributed by atoms with van der Waals surface area (Å²) in [5, 5.41) is 12.6. The van der Waals surface area contributed by atoms with Crippen LogP contribution in [0.3, 0.4) is 0 Å². The zero-order valence-corrected chi connectivity index (χ0v) is 19.5. The first-order valence-corrected chi connectivity index (χ1v) is 11.9. The molecule has 1 amide bonds. The number of benzene rings is 3. The molecule has 0 unspecified atom stereocenters. The summed E-state index contributed by atoms with van der Waals surface area (Å²) in [6.07, 6.45) is 1.33. The number of para-hydroxylation sites is 1. The summed E-state index contributed by atoms with van der Waals surface area (Å²) >= 11 is 0. The monoisotopic (exact) mass is 497 g/mol. The molecular weight excluding hydrogens is 474 g/mol. The van der Waals surface area contributed by atoms with E-state index in [4.69, 9.17) is 14.6 Å². The molecule has 0 saturated carbocycles. The van der Waals surface area contributed by atoms with E-state index in [0.717, 1.165) is 0 Å². The second kappa shape index (κ2) is 11.7. The number of nitrogens with one attached hydrogen (secondary N) is 2. The fraction of sp³-hybridized carbons (Fsp3) is 0.125. The van der Waals surface area contributed by atoms with Gasteiger partial charge in [-0.1, -0.05) is 12.1 Å². The largest absolute Gasteiger partial charge is 0.494 e. The highest BCUT2D eigenvalue weighted by Crippen LogP contribution is 2.20. The van der Waals surface area contributed by atoms with E-state index in [1.807, 2.05) is 6.92 Å². The van der Waals surface area contributed by atoms with Gasteiger partial charge in [0.2, 0.25) is 0 Å². The lowest BCUT2D eigenvalue weighted by Crippen LogP contribution is -2.18. The highest BCUT2D eigenvalue weighted by molar-refractivity contribution is 7.92. The quantitative estimate of drug-likeness (QED) is 0.273. The molecular formula is C24H23N3O7S. The van der Waals surface area contributed by atoms with Gasteiger partial charge in [-0.3, -0.25) is 9.52 Å². The lowest BCUT2D eigenvalue weighted by atomic mass is 10.2. The molecule has 0 fully saturated rings. The maximum Gasteiger partial charge on any atom is 0.341 e. The van der Waals surface area contributed by atoms with Crippen molar-refractivity contribution in [3.63, 3.8) is 0 Å². The number of carbonyl (C=O) groups excluding carboxylic acids is 1. The molecule has 35 heavy (non-hydrogen) atoms. The van der Waals surface area contributed by atoms with Crippen molar-refractivity contribution in [2.24, 2.45) is 5.10 Å². The van der Waals surface area contributed by atoms with Gasteiger partial charge >= 0.3 is 5.97 Å². The summed E-state index contributed by atoms with van der Waals surface area (Å²) < 4.78 is 38.1. The smallest absolute Gasteiger partial charge is 0.341 e. The molecule has 0 radical (unpaired) electrons. The van der Waals surface area contributed by atoms with E-state index in [1.54, 1.807) is 36.4 Å². The predicted molar refractivity (Wildman–Crippen MR) is 129 cm³/mol. The molecule has 10 nitrogen and oxygen atoms in total. The number of rotatable bonds is 11. The third-order valence-electron chi connectivity index (χ3n) is 4.48. The number of hydrogen-bond acceptors (Lipinski definition) is 7. The van der Waals surface area contributed by atoms with Gasteiger partial charge in [-0.15, -0.1) is 0 Å². The minimum Gasteiger partial charge on any atom is -0.494 e. The maximum atomic E-state index is 12.6. The molecule has 11 heteroatoms. The zero-order valence-electron chi connectivity index (χ0n) is 18.7. The van der Waals surface area contributed by atoms with E-state index >= 15 is 0 Å². The Morgan fingerprint density at radius 2 is 1.66 bits per heavy atom. The van der Waals surface area contributed by atoms with Crippen LogP contribution in [0.2, 0.25) is 0 Å². The third kappa shape index (κ3) is 7.30. The highest BCUT2D eigenvalue weighted by atomic mass is 32.2. The molecule has 3 rings (SSSR count). The fourth-order valence-corrected chi connectivity index (χ4v) is 3.93. The SMILES string of the molecule is CCOc1ccc(S(=O)(=O)Nc2ccc(C(=O)N/N=C/c3ccccc3OCC(=O)O)cc2)cc1. The minimum atomic E-state index is -3.82. The number of sulfonamides is 1. The highest BCUT2D eigenvalue weighted by Gasteiger charge is 2.15. The van der Waals surface area contributed by atoms with Crippen LogP contribution in [-0.4, -0.2) is 44.8 Å². The minimum absolute atomic E-state index is 0.0738. The van der Waals surface area contributed by atoms with E-state index in [0.29, 0.717) is 23.7 Å². The molecule has 0 atom stereocenters. The van der Waals surface area contributed by atoms with Crippen LogP contribution < -0.4 is 19.6 Å². The number of nitrogens with zero attached hydrogens (tertiary/aromatic N) is 1. The number of hydrogen-bond donors (Lipinski definition) is 3. The Kier molecular flexibility index (Phi) is 8.41. The molecule has 3 N–H and O–H groups in total. The number of carbonyl (C=O) groups is 2. The Balaban J connectivity index is 1.61. The Labute approximate surface area is 202 Å². The number of hydrazone groups is 1. The van der Waals surface area contributed by atoms with Crippen molar-refractivity contribution in [3.05, 3.63) is 83.9 Å². The molecule has 0 aromatic heterocycles. The van der Waals surface area contributed by atoms with E-state index in [9.17, 15) is 18.0 Å². The number of ether oxygens (including phenoxy) is 2. The van der Waals surface area contributed by atoms with Gasteiger partial charge in [0, 0.05) is 16.8 Å². The molecule has 0 saturated heterocycles. The predicted octanol–water partition coefficient (Wildman–Crippen LogP) is 3.11. The van der Waals surface area contributed by atoms with E-state index in [2.05, 4.69) is 15.2 Å². The summed E-state index contributed by atoms with van der Waals surface area (Å²) in [6, 6.07) is 18.5. The molecule has 0 bridgehead atoms. The van der Waals surface area contributed by atoms with Crippen LogP contribution in [0.5, 0.6) is 11.5 Å². The first-order chi connectivity index (χ1) is 16.8. The van der Waals surface area contributed by atoms with Crippen LogP contribution in [0, 0.1) is 0 Å². The van der Waals surface area contributed by atoms with Crippen LogP contribution in [-0.2, 0) is 14.8 Å². The summed E-state index contributed by atoms with van der Waals surface area (Å²) in [7, 11) is -3.82. The maximum absolute atomic E-state index is 12.6. The normalized spacial score (nSPS) is 11.1. The van der Waals surface area contributed by atoms with E-state index < -0.39 is 28.5 Å². The van der Waals surface area contributed by atoms with Crippen molar-refractivity contribution in [3.8, 4) is 11.5 Å². The topological polar surface area (TPSA) is 143 Å². The molecule has 182 valence electrons. The Morgan fingerprint density at radius 1 is 0.971 bits per heavy atom. The molecule has 0 aliphatic heterocycles. The Hall–Kier alpha value is -4.38. The summed E-state index contributed by atoms with van der Waals surface area (Å²) in [4.78, 5) is 23.1. The summed E-state index contributed by atoms with van der Waals surface area (Å²) in [5.41, 5.74) is 3.37. The van der Waals surface area contributed by atoms with Gasteiger partial charge in [-0.25, -0.2) is 18.6 Å². The average molecular weight is 498 g/mol. The molecule has 3 aromatic rings. The standard InChI is InChI=1S/C24H23N3O7S/c1-2-33-20-11-13-21(14-12-20)35(31,32)27-19-9-7-17(8-10-19)24(30)26-25-15-18-5-3-4-6-22(18)34-16-23(28)29/h3-15,27H,2,16H2,1H3,(H,26,30)(H,28,29)/b25-15+. The van der Waals surface area contributed by atoms with Gasteiger partial charge in [-0.05, 0) is 67.6 Å². The summed E-state index contributed by atoms with van der Waals surface area (Å²) in [5.74, 6) is -0.765. The number of anilines is 1. The van der Waals surface area contributed by atoms with E-state index in [-0.39, 0.29) is 16.1 Å². The average Bonchev–Trinajstić information content (AvgIpc) is 2.84. The van der Waals surface area contributed by atoms with E-state index in [1.165, 1.54) is 42.6 Å². The number of carboxylic acid groups (broad SMARTS) is 1. The first kappa shape index (κ1) is 25.2. The lowest BCUT2D eigenvalue weighted by molar-refractivity contribution is -0.139. The van der Waals surface area contributed by atoms with Gasteiger partial charge in [-0.2, -0.15) is 5.10 Å². The Morgan fingerprint density at radius 3 is 2.31 bits per heavy atom. The second-order valence-electron chi connectivity index (χ2n) is 7.01.